The Bertz CT molecular complexity index is 1050. The van der Waals surface area contributed by atoms with Crippen molar-refractivity contribution in [3.8, 4) is 11.5 Å². The van der Waals surface area contributed by atoms with E-state index in [9.17, 15) is 14.7 Å². The molecule has 0 bridgehead atoms. The van der Waals surface area contributed by atoms with Gasteiger partial charge in [0.1, 0.15) is 0 Å². The highest BCUT2D eigenvalue weighted by Gasteiger charge is 2.24. The van der Waals surface area contributed by atoms with Crippen molar-refractivity contribution in [3.05, 3.63) is 65.5 Å². The van der Waals surface area contributed by atoms with Crippen LogP contribution in [0.15, 0.2) is 53.1 Å². The molecule has 0 saturated carbocycles. The molecule has 7 nitrogen and oxygen atoms in total. The highest BCUT2D eigenvalue weighted by molar-refractivity contribution is 6.08. The van der Waals surface area contributed by atoms with Crippen molar-refractivity contribution in [2.24, 2.45) is 0 Å². The molecule has 0 aliphatic heterocycles. The SMILES string of the molecule is CC(C(=O)O)c1cccc(NC(=O)c2ccccc2-c2nc(C(C)(C)C)no2)c1. The van der Waals surface area contributed by atoms with Crippen molar-refractivity contribution >= 4 is 17.6 Å². The van der Waals surface area contributed by atoms with E-state index in [4.69, 9.17) is 4.52 Å². The van der Waals surface area contributed by atoms with E-state index in [0.29, 0.717) is 28.2 Å². The van der Waals surface area contributed by atoms with Crippen LogP contribution in [0, 0.1) is 0 Å². The Kier molecular flexibility index (Phi) is 5.50. The van der Waals surface area contributed by atoms with Crippen LogP contribution in [0.2, 0.25) is 0 Å². The lowest BCUT2D eigenvalue weighted by Crippen LogP contribution is -2.14. The number of benzene rings is 2. The fraction of sp³-hybridized carbons (Fsp3) is 0.273. The molecule has 0 aliphatic rings. The van der Waals surface area contributed by atoms with Crippen LogP contribution in [0.25, 0.3) is 11.5 Å². The molecule has 29 heavy (non-hydrogen) atoms. The number of hydrogen-bond acceptors (Lipinski definition) is 5. The number of aromatic nitrogens is 2. The van der Waals surface area contributed by atoms with Crippen LogP contribution in [0.4, 0.5) is 5.69 Å². The molecule has 0 spiro atoms. The third kappa shape index (κ3) is 4.51. The van der Waals surface area contributed by atoms with Crippen LogP contribution in [0.5, 0.6) is 0 Å². The molecule has 2 N–H and O–H groups in total. The van der Waals surface area contributed by atoms with Gasteiger partial charge in [0.2, 0.25) is 0 Å². The number of aliphatic carboxylic acids is 1. The quantitative estimate of drug-likeness (QED) is 0.662. The normalized spacial score (nSPS) is 12.4. The van der Waals surface area contributed by atoms with Gasteiger partial charge < -0.3 is 14.9 Å². The number of amides is 1. The number of hydrogen-bond donors (Lipinski definition) is 2. The number of anilines is 1. The third-order valence-electron chi connectivity index (χ3n) is 4.51. The molecular weight excluding hydrogens is 370 g/mol. The summed E-state index contributed by atoms with van der Waals surface area (Å²) in [5, 5.41) is 16.0. The zero-order chi connectivity index (χ0) is 21.2. The maximum Gasteiger partial charge on any atom is 0.310 e. The van der Waals surface area contributed by atoms with Crippen LogP contribution < -0.4 is 5.32 Å². The summed E-state index contributed by atoms with van der Waals surface area (Å²) < 4.78 is 5.39. The van der Waals surface area contributed by atoms with E-state index >= 15 is 0 Å². The van der Waals surface area contributed by atoms with Crippen molar-refractivity contribution in [1.29, 1.82) is 0 Å². The minimum Gasteiger partial charge on any atom is -0.481 e. The minimum absolute atomic E-state index is 0.272. The molecule has 3 rings (SSSR count). The molecule has 0 fully saturated rings. The number of nitrogens with one attached hydrogen (secondary N) is 1. The summed E-state index contributed by atoms with van der Waals surface area (Å²) >= 11 is 0. The van der Waals surface area contributed by atoms with Crippen LogP contribution in [-0.2, 0) is 10.2 Å². The molecule has 150 valence electrons. The van der Waals surface area contributed by atoms with Crippen molar-refractivity contribution in [3.63, 3.8) is 0 Å². The first-order chi connectivity index (χ1) is 13.7. The molecule has 0 radical (unpaired) electrons. The summed E-state index contributed by atoms with van der Waals surface area (Å²) in [5.74, 6) is -1.12. The highest BCUT2D eigenvalue weighted by Crippen LogP contribution is 2.27. The van der Waals surface area contributed by atoms with Crippen molar-refractivity contribution in [1.82, 2.24) is 10.1 Å². The smallest absolute Gasteiger partial charge is 0.310 e. The summed E-state index contributed by atoms with van der Waals surface area (Å²) in [6.07, 6.45) is 0. The number of carboxylic acids is 1. The Morgan fingerprint density at radius 3 is 2.48 bits per heavy atom. The third-order valence-corrected chi connectivity index (χ3v) is 4.51. The number of rotatable bonds is 5. The Morgan fingerprint density at radius 2 is 1.83 bits per heavy atom. The second-order valence-corrected chi connectivity index (χ2v) is 7.86. The summed E-state index contributed by atoms with van der Waals surface area (Å²) in [7, 11) is 0. The van der Waals surface area contributed by atoms with Gasteiger partial charge in [-0.15, -0.1) is 0 Å². The zero-order valence-electron chi connectivity index (χ0n) is 16.8. The van der Waals surface area contributed by atoms with Gasteiger partial charge in [0, 0.05) is 11.1 Å². The van der Waals surface area contributed by atoms with E-state index in [-0.39, 0.29) is 17.2 Å². The predicted octanol–water partition coefficient (Wildman–Crippen LogP) is 4.47. The van der Waals surface area contributed by atoms with Crippen LogP contribution in [-0.4, -0.2) is 27.1 Å². The van der Waals surface area contributed by atoms with Gasteiger partial charge in [-0.1, -0.05) is 50.2 Å². The number of nitrogens with zero attached hydrogens (tertiary/aromatic N) is 2. The lowest BCUT2D eigenvalue weighted by Gasteiger charge is -2.12. The summed E-state index contributed by atoms with van der Waals surface area (Å²) in [5.41, 5.74) is 1.75. The van der Waals surface area contributed by atoms with Crippen LogP contribution in [0.1, 0.15) is 55.4 Å². The maximum atomic E-state index is 12.9. The highest BCUT2D eigenvalue weighted by atomic mass is 16.5. The molecule has 1 amide bonds. The first-order valence-electron chi connectivity index (χ1n) is 9.24. The number of carboxylic acid groups (broad SMARTS) is 1. The van der Waals surface area contributed by atoms with E-state index < -0.39 is 11.9 Å². The molecule has 7 heteroatoms. The van der Waals surface area contributed by atoms with E-state index in [2.05, 4.69) is 15.5 Å². The fourth-order valence-electron chi connectivity index (χ4n) is 2.73. The van der Waals surface area contributed by atoms with Gasteiger partial charge in [0.05, 0.1) is 17.0 Å². The Hall–Kier alpha value is -3.48. The molecule has 1 unspecified atom stereocenters. The van der Waals surface area contributed by atoms with Gasteiger partial charge in [-0.2, -0.15) is 4.98 Å². The number of carbonyl (C=O) groups is 2. The first-order valence-corrected chi connectivity index (χ1v) is 9.24. The Balaban J connectivity index is 1.89. The van der Waals surface area contributed by atoms with Gasteiger partial charge in [-0.3, -0.25) is 9.59 Å². The lowest BCUT2D eigenvalue weighted by atomic mass is 9.96. The van der Waals surface area contributed by atoms with E-state index in [0.717, 1.165) is 0 Å². The minimum atomic E-state index is -0.926. The van der Waals surface area contributed by atoms with Gasteiger partial charge in [-0.25, -0.2) is 0 Å². The average Bonchev–Trinajstić information content (AvgIpc) is 3.18. The second-order valence-electron chi connectivity index (χ2n) is 7.86. The molecule has 0 saturated heterocycles. The molecule has 2 aromatic carbocycles. The van der Waals surface area contributed by atoms with E-state index in [1.807, 2.05) is 20.8 Å². The molecule has 1 aromatic heterocycles. The maximum absolute atomic E-state index is 12.9. The van der Waals surface area contributed by atoms with Gasteiger partial charge in [0.25, 0.3) is 11.8 Å². The van der Waals surface area contributed by atoms with Gasteiger partial charge in [-0.05, 0) is 36.8 Å². The van der Waals surface area contributed by atoms with E-state index in [1.165, 1.54) is 0 Å². The zero-order valence-corrected chi connectivity index (χ0v) is 16.8. The molecule has 0 aliphatic carbocycles. The van der Waals surface area contributed by atoms with Crippen molar-refractivity contribution in [2.45, 2.75) is 39.0 Å². The average molecular weight is 393 g/mol. The number of carbonyl (C=O) groups excluding carboxylic acids is 1. The van der Waals surface area contributed by atoms with E-state index in [1.54, 1.807) is 55.5 Å². The molecule has 1 atom stereocenters. The second kappa shape index (κ2) is 7.87. The summed E-state index contributed by atoms with van der Waals surface area (Å²) in [6.45, 7) is 7.53. The predicted molar refractivity (Wildman–Crippen MR) is 109 cm³/mol. The van der Waals surface area contributed by atoms with Gasteiger partial charge in [0.15, 0.2) is 5.82 Å². The van der Waals surface area contributed by atoms with Crippen LogP contribution in [0.3, 0.4) is 0 Å². The fourth-order valence-corrected chi connectivity index (χ4v) is 2.73. The van der Waals surface area contributed by atoms with Crippen molar-refractivity contribution < 1.29 is 19.2 Å². The first kappa shape index (κ1) is 20.3. The van der Waals surface area contributed by atoms with Gasteiger partial charge >= 0.3 is 5.97 Å². The topological polar surface area (TPSA) is 105 Å². The summed E-state index contributed by atoms with van der Waals surface area (Å²) in [6, 6.07) is 13.8. The summed E-state index contributed by atoms with van der Waals surface area (Å²) in [4.78, 5) is 28.6. The van der Waals surface area contributed by atoms with Crippen molar-refractivity contribution in [2.75, 3.05) is 5.32 Å². The lowest BCUT2D eigenvalue weighted by molar-refractivity contribution is -0.138. The Labute approximate surface area is 168 Å². The molecule has 3 aromatic rings. The Morgan fingerprint density at radius 1 is 1.10 bits per heavy atom. The molecule has 1 heterocycles. The largest absolute Gasteiger partial charge is 0.481 e. The molecular formula is C22H23N3O4. The van der Waals surface area contributed by atoms with Crippen LogP contribution >= 0.6 is 0 Å². The monoisotopic (exact) mass is 393 g/mol. The standard InChI is InChI=1S/C22H23N3O4/c1-13(20(27)28)14-8-7-9-15(12-14)23-18(26)16-10-5-6-11-17(16)19-24-21(25-29-19)22(2,3)4/h5-13H,1-4H3,(H,23,26)(H,27,28).